The van der Waals surface area contributed by atoms with Gasteiger partial charge in [-0.3, -0.25) is 9.20 Å². The monoisotopic (exact) mass is 500 g/mol. The minimum Gasteiger partial charge on any atom is -0.382 e. The zero-order valence-corrected chi connectivity index (χ0v) is 19.0. The summed E-state index contributed by atoms with van der Waals surface area (Å²) in [4.78, 5) is 27.5. The molecule has 0 bridgehead atoms. The van der Waals surface area contributed by atoms with E-state index in [0.717, 1.165) is 12.1 Å². The Morgan fingerprint density at radius 3 is 2.81 bits per heavy atom. The lowest BCUT2D eigenvalue weighted by Gasteiger charge is -2.44. The van der Waals surface area contributed by atoms with Crippen LogP contribution >= 0.6 is 0 Å². The van der Waals surface area contributed by atoms with E-state index in [2.05, 4.69) is 15.0 Å². The number of anilines is 1. The first-order chi connectivity index (χ1) is 17.1. The number of alkyl halides is 3. The van der Waals surface area contributed by atoms with Crippen LogP contribution in [0.3, 0.4) is 0 Å². The number of ether oxygens (including phenoxy) is 1. The standard InChI is InChI=1S/C24H20F4N6O2/c1-11-20-22(29)32-15-8-14(25)13(7-17(15)34(20)10-30-11)23(35)33-6-2-3-18-21(33)12-4-5-19(24(26,27)28)31-16(12)9-36-18/h4-5,7-8,10,18,21H,2-3,6,9H2,1H3,(H2,29,32). The van der Waals surface area contributed by atoms with E-state index >= 15 is 4.39 Å². The van der Waals surface area contributed by atoms with Crippen LogP contribution in [-0.4, -0.2) is 42.8 Å². The van der Waals surface area contributed by atoms with Gasteiger partial charge in [-0.1, -0.05) is 6.07 Å². The lowest BCUT2D eigenvalue weighted by molar-refractivity contribution is -0.141. The number of imidazole rings is 1. The van der Waals surface area contributed by atoms with Gasteiger partial charge in [-0.05, 0) is 31.9 Å². The average Bonchev–Trinajstić information content (AvgIpc) is 3.24. The Bertz CT molecular complexity index is 1550. The molecular formula is C24H20F4N6O2. The minimum absolute atomic E-state index is 0.0855. The summed E-state index contributed by atoms with van der Waals surface area (Å²) in [5.74, 6) is -1.18. The maximum Gasteiger partial charge on any atom is 0.433 e. The number of rotatable bonds is 1. The van der Waals surface area contributed by atoms with E-state index in [4.69, 9.17) is 10.5 Å². The molecule has 2 atom stereocenters. The molecule has 1 aromatic carbocycles. The molecule has 0 aliphatic carbocycles. The van der Waals surface area contributed by atoms with Crippen molar-refractivity contribution >= 4 is 28.3 Å². The number of piperidine rings is 1. The van der Waals surface area contributed by atoms with Crippen LogP contribution in [0.15, 0.2) is 30.6 Å². The molecule has 0 saturated carbocycles. The second-order valence-electron chi connectivity index (χ2n) is 9.03. The van der Waals surface area contributed by atoms with Gasteiger partial charge in [0.1, 0.15) is 29.2 Å². The highest BCUT2D eigenvalue weighted by molar-refractivity contribution is 5.99. The number of likely N-dealkylation sites (tertiary alicyclic amines) is 1. The van der Waals surface area contributed by atoms with Crippen LogP contribution in [-0.2, 0) is 17.5 Å². The molecule has 2 aliphatic heterocycles. The minimum atomic E-state index is -4.60. The van der Waals surface area contributed by atoms with Gasteiger partial charge in [0.25, 0.3) is 5.91 Å². The van der Waals surface area contributed by atoms with Gasteiger partial charge in [-0.2, -0.15) is 13.2 Å². The number of aryl methyl sites for hydroxylation is 1. The van der Waals surface area contributed by atoms with Crippen molar-refractivity contribution in [2.75, 3.05) is 12.3 Å². The van der Waals surface area contributed by atoms with Crippen molar-refractivity contribution in [3.05, 3.63) is 64.6 Å². The first-order valence-electron chi connectivity index (χ1n) is 11.4. The molecule has 2 N–H and O–H groups in total. The topological polar surface area (TPSA) is 98.6 Å². The maximum atomic E-state index is 15.2. The molecule has 0 radical (unpaired) electrons. The molecule has 5 heterocycles. The van der Waals surface area contributed by atoms with Crippen LogP contribution in [0.2, 0.25) is 0 Å². The third-order valence-corrected chi connectivity index (χ3v) is 6.88. The summed E-state index contributed by atoms with van der Waals surface area (Å²) in [6, 6.07) is 4.13. The molecular weight excluding hydrogens is 480 g/mol. The van der Waals surface area contributed by atoms with Crippen molar-refractivity contribution in [1.82, 2.24) is 24.3 Å². The highest BCUT2D eigenvalue weighted by Crippen LogP contribution is 2.41. The van der Waals surface area contributed by atoms with Crippen molar-refractivity contribution in [2.45, 2.75) is 44.7 Å². The number of hydrogen-bond acceptors (Lipinski definition) is 6. The first kappa shape index (κ1) is 22.7. The van der Waals surface area contributed by atoms with Gasteiger partial charge in [0, 0.05) is 18.2 Å². The Kier molecular flexibility index (Phi) is 4.94. The number of halogens is 4. The lowest BCUT2D eigenvalue weighted by Crippen LogP contribution is -2.48. The molecule has 12 heteroatoms. The van der Waals surface area contributed by atoms with E-state index in [-0.39, 0.29) is 29.2 Å². The van der Waals surface area contributed by atoms with Crippen molar-refractivity contribution in [3.8, 4) is 0 Å². The van der Waals surface area contributed by atoms with E-state index in [1.54, 1.807) is 11.3 Å². The number of hydrogen-bond donors (Lipinski definition) is 1. The number of carbonyl (C=O) groups excluding carboxylic acids is 1. The second kappa shape index (κ2) is 7.85. The fourth-order valence-corrected chi connectivity index (χ4v) is 5.24. The Hall–Kier alpha value is -3.80. The SMILES string of the molecule is Cc1ncn2c1c(N)nc1cc(F)c(C(=O)N3CCCC4OCc5nc(C(F)(F)F)ccc5C43)cc12. The molecule has 6 rings (SSSR count). The molecule has 186 valence electrons. The number of nitrogens with two attached hydrogens (primary N) is 1. The number of aromatic nitrogens is 4. The second-order valence-corrected chi connectivity index (χ2v) is 9.03. The molecule has 3 aromatic heterocycles. The van der Waals surface area contributed by atoms with Gasteiger partial charge in [0.2, 0.25) is 0 Å². The Balaban J connectivity index is 1.45. The number of amides is 1. The molecule has 1 saturated heterocycles. The van der Waals surface area contributed by atoms with Crippen molar-refractivity contribution in [3.63, 3.8) is 0 Å². The van der Waals surface area contributed by atoms with Gasteiger partial charge < -0.3 is 15.4 Å². The highest BCUT2D eigenvalue weighted by Gasteiger charge is 2.42. The highest BCUT2D eigenvalue weighted by atomic mass is 19.4. The first-order valence-corrected chi connectivity index (χ1v) is 11.4. The fourth-order valence-electron chi connectivity index (χ4n) is 5.24. The third kappa shape index (κ3) is 3.39. The summed E-state index contributed by atoms with van der Waals surface area (Å²) < 4.78 is 62.3. The van der Waals surface area contributed by atoms with Gasteiger partial charge in [-0.15, -0.1) is 0 Å². The predicted molar refractivity (Wildman–Crippen MR) is 120 cm³/mol. The normalized spacial score (nSPS) is 20.0. The Morgan fingerprint density at radius 1 is 1.22 bits per heavy atom. The van der Waals surface area contributed by atoms with E-state index in [1.165, 1.54) is 23.4 Å². The van der Waals surface area contributed by atoms with Crippen LogP contribution in [0.25, 0.3) is 16.6 Å². The number of fused-ring (bicyclic) bond motifs is 6. The predicted octanol–water partition coefficient (Wildman–Crippen LogP) is 4.20. The van der Waals surface area contributed by atoms with Gasteiger partial charge in [0.05, 0.1) is 46.7 Å². The molecule has 0 spiro atoms. The number of nitrogen functional groups attached to an aromatic ring is 1. The van der Waals surface area contributed by atoms with E-state index in [9.17, 15) is 18.0 Å². The van der Waals surface area contributed by atoms with Crippen LogP contribution in [0, 0.1) is 12.7 Å². The zero-order valence-electron chi connectivity index (χ0n) is 19.0. The summed E-state index contributed by atoms with van der Waals surface area (Å²) in [7, 11) is 0. The van der Waals surface area contributed by atoms with Gasteiger partial charge in [-0.25, -0.2) is 19.3 Å². The summed E-state index contributed by atoms with van der Waals surface area (Å²) in [5.41, 5.74) is 7.34. The molecule has 2 aliphatic rings. The molecule has 2 unspecified atom stereocenters. The lowest BCUT2D eigenvalue weighted by atomic mass is 9.88. The molecule has 8 nitrogen and oxygen atoms in total. The Morgan fingerprint density at radius 2 is 2.03 bits per heavy atom. The molecule has 1 amide bonds. The van der Waals surface area contributed by atoms with Gasteiger partial charge in [0.15, 0.2) is 0 Å². The summed E-state index contributed by atoms with van der Waals surface area (Å²) >= 11 is 0. The maximum absolute atomic E-state index is 15.2. The smallest absolute Gasteiger partial charge is 0.382 e. The van der Waals surface area contributed by atoms with E-state index in [0.29, 0.717) is 41.7 Å². The number of benzene rings is 1. The van der Waals surface area contributed by atoms with E-state index < -0.39 is 35.7 Å². The molecule has 1 fully saturated rings. The fraction of sp³-hybridized carbons (Fsp3) is 0.333. The molecule has 36 heavy (non-hydrogen) atoms. The largest absolute Gasteiger partial charge is 0.433 e. The van der Waals surface area contributed by atoms with Crippen molar-refractivity contribution in [1.29, 1.82) is 0 Å². The summed E-state index contributed by atoms with van der Waals surface area (Å²) in [6.07, 6.45) is -2.27. The molecule has 4 aromatic rings. The summed E-state index contributed by atoms with van der Waals surface area (Å²) in [5, 5.41) is 0. The number of nitrogens with zero attached hydrogens (tertiary/aromatic N) is 5. The quantitative estimate of drug-likeness (QED) is 0.394. The number of pyridine rings is 1. The van der Waals surface area contributed by atoms with Crippen molar-refractivity contribution < 1.29 is 27.1 Å². The van der Waals surface area contributed by atoms with E-state index in [1.807, 2.05) is 0 Å². The third-order valence-electron chi connectivity index (χ3n) is 6.88. The van der Waals surface area contributed by atoms with Crippen LogP contribution in [0.1, 0.15) is 51.9 Å². The van der Waals surface area contributed by atoms with Crippen LogP contribution in [0.5, 0.6) is 0 Å². The average molecular weight is 500 g/mol. The van der Waals surface area contributed by atoms with Gasteiger partial charge >= 0.3 is 6.18 Å². The van der Waals surface area contributed by atoms with Crippen LogP contribution in [0.4, 0.5) is 23.4 Å². The summed E-state index contributed by atoms with van der Waals surface area (Å²) in [6.45, 7) is 1.97. The Labute approximate surface area is 201 Å². The van der Waals surface area contributed by atoms with Crippen molar-refractivity contribution in [2.24, 2.45) is 0 Å². The van der Waals surface area contributed by atoms with Crippen LogP contribution < -0.4 is 5.73 Å². The zero-order chi connectivity index (χ0) is 25.4. The number of carbonyl (C=O) groups is 1.